The van der Waals surface area contributed by atoms with E-state index in [1.165, 1.54) is 16.8 Å². The van der Waals surface area contributed by atoms with E-state index in [0.29, 0.717) is 0 Å². The van der Waals surface area contributed by atoms with Crippen LogP contribution in [0, 0.1) is 6.92 Å². The summed E-state index contributed by atoms with van der Waals surface area (Å²) in [5.74, 6) is 0. The monoisotopic (exact) mass is 383 g/mol. The van der Waals surface area contributed by atoms with Gasteiger partial charge in [-0.15, -0.1) is 0 Å². The van der Waals surface area contributed by atoms with Crippen LogP contribution < -0.4 is 9.80 Å². The first-order valence-electron chi connectivity index (χ1n) is 9.78. The zero-order valence-corrected chi connectivity index (χ0v) is 16.6. The van der Waals surface area contributed by atoms with Gasteiger partial charge in [-0.25, -0.2) is 4.79 Å². The minimum atomic E-state index is 0.129. The number of piperazine rings is 1. The van der Waals surface area contributed by atoms with Crippen LogP contribution in [0.3, 0.4) is 0 Å². The SMILES string of the molecule is Cc1ccc(N2CCN(C(=O)N3CCCCc4cc(Cl)ccc43)CC2)cc1. The minimum absolute atomic E-state index is 0.129. The maximum atomic E-state index is 13.2. The minimum Gasteiger partial charge on any atom is -0.368 e. The number of benzene rings is 2. The third-order valence-electron chi connectivity index (χ3n) is 5.59. The molecule has 0 radical (unpaired) electrons. The Morgan fingerprint density at radius 1 is 0.926 bits per heavy atom. The normalized spacial score (nSPS) is 17.5. The second-order valence-electron chi connectivity index (χ2n) is 7.47. The van der Waals surface area contributed by atoms with Crippen LogP contribution in [0.15, 0.2) is 42.5 Å². The molecule has 0 unspecified atom stereocenters. The molecule has 0 aromatic heterocycles. The van der Waals surface area contributed by atoms with E-state index in [1.807, 2.05) is 28.0 Å². The molecule has 2 aromatic carbocycles. The standard InChI is InChI=1S/C22H26ClN3O/c1-17-5-8-20(9-6-17)24-12-14-25(15-13-24)22(27)26-11-3-2-4-18-16-19(23)7-10-21(18)26/h5-10,16H,2-4,11-15H2,1H3. The van der Waals surface area contributed by atoms with Crippen molar-refractivity contribution in [2.24, 2.45) is 0 Å². The summed E-state index contributed by atoms with van der Waals surface area (Å²) in [5.41, 5.74) is 4.73. The lowest BCUT2D eigenvalue weighted by molar-refractivity contribution is 0.201. The van der Waals surface area contributed by atoms with Crippen LogP contribution in [0.5, 0.6) is 0 Å². The van der Waals surface area contributed by atoms with E-state index in [2.05, 4.69) is 36.1 Å². The molecule has 0 bridgehead atoms. The zero-order valence-electron chi connectivity index (χ0n) is 15.8. The first kappa shape index (κ1) is 18.2. The van der Waals surface area contributed by atoms with Gasteiger partial charge in [-0.1, -0.05) is 29.3 Å². The smallest absolute Gasteiger partial charge is 0.324 e. The van der Waals surface area contributed by atoms with Crippen LogP contribution in [0.4, 0.5) is 16.2 Å². The lowest BCUT2D eigenvalue weighted by Crippen LogP contribution is -2.53. The summed E-state index contributed by atoms with van der Waals surface area (Å²) >= 11 is 6.17. The van der Waals surface area contributed by atoms with Gasteiger partial charge in [-0.05, 0) is 62.1 Å². The van der Waals surface area contributed by atoms with Gasteiger partial charge in [0.25, 0.3) is 0 Å². The maximum Gasteiger partial charge on any atom is 0.324 e. The number of aryl methyl sites for hydroxylation is 2. The summed E-state index contributed by atoms with van der Waals surface area (Å²) in [6.07, 6.45) is 3.11. The van der Waals surface area contributed by atoms with Crippen LogP contribution >= 0.6 is 11.6 Å². The van der Waals surface area contributed by atoms with Gasteiger partial charge in [-0.2, -0.15) is 0 Å². The van der Waals surface area contributed by atoms with E-state index in [9.17, 15) is 4.79 Å². The lowest BCUT2D eigenvalue weighted by atomic mass is 10.1. The highest BCUT2D eigenvalue weighted by Crippen LogP contribution is 2.30. The molecule has 1 fully saturated rings. The lowest BCUT2D eigenvalue weighted by Gasteiger charge is -2.38. The number of anilines is 2. The number of nitrogens with zero attached hydrogens (tertiary/aromatic N) is 3. The largest absolute Gasteiger partial charge is 0.368 e. The van der Waals surface area contributed by atoms with E-state index in [-0.39, 0.29) is 6.03 Å². The molecule has 1 saturated heterocycles. The number of hydrogen-bond acceptors (Lipinski definition) is 2. The summed E-state index contributed by atoms with van der Waals surface area (Å²) in [7, 11) is 0. The molecule has 5 heteroatoms. The quantitative estimate of drug-likeness (QED) is 0.711. The van der Waals surface area contributed by atoms with Gasteiger partial charge in [0, 0.05) is 49.1 Å². The topological polar surface area (TPSA) is 26.8 Å². The summed E-state index contributed by atoms with van der Waals surface area (Å²) in [6.45, 7) is 6.14. The van der Waals surface area contributed by atoms with E-state index in [1.54, 1.807) is 0 Å². The third-order valence-corrected chi connectivity index (χ3v) is 5.83. The number of amides is 2. The number of halogens is 1. The van der Waals surface area contributed by atoms with E-state index in [0.717, 1.165) is 62.7 Å². The Hall–Kier alpha value is -2.20. The first-order chi connectivity index (χ1) is 13.1. The molecule has 2 aromatic rings. The number of carbonyl (C=O) groups is 1. The highest BCUT2D eigenvalue weighted by molar-refractivity contribution is 6.30. The Bertz CT molecular complexity index is 813. The van der Waals surface area contributed by atoms with Gasteiger partial charge < -0.3 is 9.80 Å². The van der Waals surface area contributed by atoms with Crippen LogP contribution in [-0.4, -0.2) is 43.7 Å². The highest BCUT2D eigenvalue weighted by atomic mass is 35.5. The summed E-state index contributed by atoms with van der Waals surface area (Å²) in [5, 5.41) is 0.745. The zero-order chi connectivity index (χ0) is 18.8. The maximum absolute atomic E-state index is 13.2. The molecule has 0 N–H and O–H groups in total. The summed E-state index contributed by atoms with van der Waals surface area (Å²) < 4.78 is 0. The second kappa shape index (κ2) is 7.81. The summed E-state index contributed by atoms with van der Waals surface area (Å²) in [4.78, 5) is 19.6. The van der Waals surface area contributed by atoms with Crippen molar-refractivity contribution in [2.45, 2.75) is 26.2 Å². The predicted molar refractivity (Wildman–Crippen MR) is 112 cm³/mol. The van der Waals surface area contributed by atoms with Crippen molar-refractivity contribution in [3.05, 3.63) is 58.6 Å². The molecule has 2 heterocycles. The Balaban J connectivity index is 1.46. The average Bonchev–Trinajstić information content (AvgIpc) is 2.90. The van der Waals surface area contributed by atoms with E-state index < -0.39 is 0 Å². The molecule has 0 saturated carbocycles. The molecular formula is C22H26ClN3O. The molecular weight excluding hydrogens is 358 g/mol. The Kier molecular flexibility index (Phi) is 5.26. The molecule has 142 valence electrons. The van der Waals surface area contributed by atoms with Crippen molar-refractivity contribution >= 4 is 29.0 Å². The second-order valence-corrected chi connectivity index (χ2v) is 7.91. The molecule has 4 rings (SSSR count). The molecule has 2 amide bonds. The average molecular weight is 384 g/mol. The fraction of sp³-hybridized carbons (Fsp3) is 0.409. The molecule has 0 aliphatic carbocycles. The van der Waals surface area contributed by atoms with Crippen LogP contribution in [0.25, 0.3) is 0 Å². The number of hydrogen-bond donors (Lipinski definition) is 0. The van der Waals surface area contributed by atoms with Crippen LogP contribution in [-0.2, 0) is 6.42 Å². The van der Waals surface area contributed by atoms with Crippen LogP contribution in [0.1, 0.15) is 24.0 Å². The van der Waals surface area contributed by atoms with Gasteiger partial charge in [-0.3, -0.25) is 4.90 Å². The fourth-order valence-corrected chi connectivity index (χ4v) is 4.20. The van der Waals surface area contributed by atoms with Crippen molar-refractivity contribution in [3.63, 3.8) is 0 Å². The predicted octanol–water partition coefficient (Wildman–Crippen LogP) is 4.73. The molecule has 2 aliphatic rings. The fourth-order valence-electron chi connectivity index (χ4n) is 4.00. The van der Waals surface area contributed by atoms with Gasteiger partial charge in [0.05, 0.1) is 0 Å². The molecule has 2 aliphatic heterocycles. The van der Waals surface area contributed by atoms with E-state index >= 15 is 0 Å². The molecule has 27 heavy (non-hydrogen) atoms. The number of fused-ring (bicyclic) bond motifs is 1. The van der Waals surface area contributed by atoms with Gasteiger partial charge in [0.15, 0.2) is 0 Å². The molecule has 4 nitrogen and oxygen atoms in total. The van der Waals surface area contributed by atoms with Gasteiger partial charge >= 0.3 is 6.03 Å². The van der Waals surface area contributed by atoms with Crippen molar-refractivity contribution in [2.75, 3.05) is 42.5 Å². The molecule has 0 spiro atoms. The molecule has 0 atom stereocenters. The van der Waals surface area contributed by atoms with Crippen molar-refractivity contribution in [1.82, 2.24) is 4.90 Å². The van der Waals surface area contributed by atoms with Gasteiger partial charge in [0.2, 0.25) is 0 Å². The van der Waals surface area contributed by atoms with Crippen molar-refractivity contribution in [1.29, 1.82) is 0 Å². The number of urea groups is 1. The van der Waals surface area contributed by atoms with Gasteiger partial charge in [0.1, 0.15) is 0 Å². The number of rotatable bonds is 1. The summed E-state index contributed by atoms with van der Waals surface area (Å²) in [6, 6.07) is 14.7. The van der Waals surface area contributed by atoms with Crippen molar-refractivity contribution in [3.8, 4) is 0 Å². The Morgan fingerprint density at radius 3 is 2.41 bits per heavy atom. The highest BCUT2D eigenvalue weighted by Gasteiger charge is 2.28. The van der Waals surface area contributed by atoms with E-state index in [4.69, 9.17) is 11.6 Å². The van der Waals surface area contributed by atoms with Crippen LogP contribution in [0.2, 0.25) is 5.02 Å². The third kappa shape index (κ3) is 3.91. The first-order valence-corrected chi connectivity index (χ1v) is 10.2. The number of carbonyl (C=O) groups excluding carboxylic acids is 1. The van der Waals surface area contributed by atoms with Crippen molar-refractivity contribution < 1.29 is 4.79 Å². The Labute approximate surface area is 166 Å². The Morgan fingerprint density at radius 2 is 1.67 bits per heavy atom.